The van der Waals surface area contributed by atoms with E-state index >= 15 is 0 Å². The molecule has 1 fully saturated rings. The number of hydrogen-bond donors (Lipinski definition) is 2. The Bertz CT molecular complexity index is 615. The van der Waals surface area contributed by atoms with E-state index in [1.54, 1.807) is 6.07 Å². The number of hydrogen-bond acceptors (Lipinski definition) is 4. The lowest BCUT2D eigenvalue weighted by Gasteiger charge is -2.30. The number of H-pyrrole nitrogens is 1. The summed E-state index contributed by atoms with van der Waals surface area (Å²) in [5.74, 6) is 1.04. The van der Waals surface area contributed by atoms with Crippen molar-refractivity contribution in [3.8, 4) is 11.4 Å². The topological polar surface area (TPSA) is 56.8 Å². The summed E-state index contributed by atoms with van der Waals surface area (Å²) in [4.78, 5) is 6.65. The third-order valence-corrected chi connectivity index (χ3v) is 3.97. The number of anilines is 1. The molecule has 0 saturated carbocycles. The molecule has 0 spiro atoms. The molecule has 20 heavy (non-hydrogen) atoms. The van der Waals surface area contributed by atoms with E-state index < -0.39 is 0 Å². The molecule has 1 aromatic heterocycles. The molecule has 1 saturated heterocycles. The molecule has 2 heterocycles. The summed E-state index contributed by atoms with van der Waals surface area (Å²) in [7, 11) is 0. The number of nitrogens with one attached hydrogen (secondary N) is 2. The third-order valence-electron chi connectivity index (χ3n) is 3.31. The maximum atomic E-state index is 13.1. The Hall–Kier alpha value is -1.47. The summed E-state index contributed by atoms with van der Waals surface area (Å²) < 4.78 is 13.8. The highest BCUT2D eigenvalue weighted by Crippen LogP contribution is 2.27. The Morgan fingerprint density at radius 2 is 2.30 bits per heavy atom. The Kier molecular flexibility index (Phi) is 3.71. The minimum atomic E-state index is -0.281. The van der Waals surface area contributed by atoms with Gasteiger partial charge in [0.25, 0.3) is 0 Å². The molecular formula is C13H15BrFN5. The highest BCUT2D eigenvalue weighted by Gasteiger charge is 2.20. The van der Waals surface area contributed by atoms with Gasteiger partial charge >= 0.3 is 0 Å². The molecule has 106 valence electrons. The number of aromatic nitrogens is 3. The van der Waals surface area contributed by atoms with Gasteiger partial charge in [-0.1, -0.05) is 0 Å². The van der Waals surface area contributed by atoms with Gasteiger partial charge in [-0.3, -0.25) is 5.10 Å². The lowest BCUT2D eigenvalue weighted by atomic mass is 10.2. The van der Waals surface area contributed by atoms with Gasteiger partial charge in [-0.2, -0.15) is 4.98 Å². The number of piperazine rings is 1. The number of nitrogens with zero attached hydrogens (tertiary/aromatic N) is 3. The first-order valence-corrected chi connectivity index (χ1v) is 7.29. The van der Waals surface area contributed by atoms with Gasteiger partial charge in [-0.25, -0.2) is 4.39 Å². The summed E-state index contributed by atoms with van der Waals surface area (Å²) in [6.07, 6.45) is 0. The van der Waals surface area contributed by atoms with Crippen LogP contribution in [0.1, 0.15) is 6.92 Å². The van der Waals surface area contributed by atoms with Crippen molar-refractivity contribution in [2.24, 2.45) is 0 Å². The predicted molar refractivity (Wildman–Crippen MR) is 79.2 cm³/mol. The van der Waals surface area contributed by atoms with Crippen LogP contribution in [0.5, 0.6) is 0 Å². The minimum absolute atomic E-state index is 0.281. The summed E-state index contributed by atoms with van der Waals surface area (Å²) in [5.41, 5.74) is 0.799. The second-order valence-corrected chi connectivity index (χ2v) is 5.76. The number of benzene rings is 1. The van der Waals surface area contributed by atoms with Crippen molar-refractivity contribution < 1.29 is 4.39 Å². The van der Waals surface area contributed by atoms with E-state index in [2.05, 4.69) is 48.3 Å². The Morgan fingerprint density at radius 1 is 1.45 bits per heavy atom. The quantitative estimate of drug-likeness (QED) is 0.880. The molecule has 1 aromatic carbocycles. The van der Waals surface area contributed by atoms with Gasteiger partial charge in [0.15, 0.2) is 5.82 Å². The van der Waals surface area contributed by atoms with Crippen molar-refractivity contribution in [2.75, 3.05) is 24.5 Å². The first kappa shape index (κ1) is 13.5. The molecular weight excluding hydrogens is 325 g/mol. The maximum absolute atomic E-state index is 13.1. The lowest BCUT2D eigenvalue weighted by Crippen LogP contribution is -2.49. The molecule has 2 aromatic rings. The Labute approximate surface area is 124 Å². The predicted octanol–water partition coefficient (Wildman–Crippen LogP) is 2.17. The van der Waals surface area contributed by atoms with Crippen molar-refractivity contribution >= 4 is 21.9 Å². The minimum Gasteiger partial charge on any atom is -0.337 e. The van der Waals surface area contributed by atoms with Crippen molar-refractivity contribution in [3.63, 3.8) is 0 Å². The van der Waals surface area contributed by atoms with E-state index in [0.717, 1.165) is 25.2 Å². The maximum Gasteiger partial charge on any atom is 0.245 e. The van der Waals surface area contributed by atoms with Crippen LogP contribution in [0.3, 0.4) is 0 Å². The summed E-state index contributed by atoms with van der Waals surface area (Å²) in [6, 6.07) is 4.94. The smallest absolute Gasteiger partial charge is 0.245 e. The fraction of sp³-hybridized carbons (Fsp3) is 0.385. The fourth-order valence-electron chi connectivity index (χ4n) is 2.31. The zero-order valence-corrected chi connectivity index (χ0v) is 12.6. The summed E-state index contributed by atoms with van der Waals surface area (Å²) in [5, 5.41) is 10.6. The van der Waals surface area contributed by atoms with Crippen LogP contribution in [0.15, 0.2) is 22.7 Å². The monoisotopic (exact) mass is 339 g/mol. The standard InChI is InChI=1S/C13H15BrFN5/c1-8-7-20(5-4-16-8)13-17-12(18-19-13)10-3-2-9(15)6-11(10)14/h2-3,6,8,16H,4-5,7H2,1H3,(H,17,18,19)/t8-/m0/s1. The molecule has 0 unspecified atom stereocenters. The normalized spacial score (nSPS) is 19.4. The number of rotatable bonds is 2. The second-order valence-electron chi connectivity index (χ2n) is 4.91. The van der Waals surface area contributed by atoms with E-state index in [4.69, 9.17) is 0 Å². The Balaban J connectivity index is 1.86. The lowest BCUT2D eigenvalue weighted by molar-refractivity contribution is 0.480. The van der Waals surface area contributed by atoms with Crippen LogP contribution in [0, 0.1) is 5.82 Å². The molecule has 1 aliphatic heterocycles. The second kappa shape index (κ2) is 5.49. The van der Waals surface area contributed by atoms with E-state index in [-0.39, 0.29) is 5.82 Å². The average molecular weight is 340 g/mol. The summed E-state index contributed by atoms with van der Waals surface area (Å²) >= 11 is 3.35. The van der Waals surface area contributed by atoms with Crippen LogP contribution >= 0.6 is 15.9 Å². The largest absolute Gasteiger partial charge is 0.337 e. The molecule has 7 heteroatoms. The van der Waals surface area contributed by atoms with E-state index in [1.807, 2.05) is 0 Å². The van der Waals surface area contributed by atoms with Gasteiger partial charge in [-0.15, -0.1) is 5.10 Å². The van der Waals surface area contributed by atoms with Gasteiger partial charge in [0.05, 0.1) is 0 Å². The summed E-state index contributed by atoms with van der Waals surface area (Å²) in [6.45, 7) is 4.82. The van der Waals surface area contributed by atoms with Gasteiger partial charge in [-0.05, 0) is 41.1 Å². The van der Waals surface area contributed by atoms with E-state index in [1.165, 1.54) is 12.1 Å². The van der Waals surface area contributed by atoms with Crippen LogP contribution in [0.4, 0.5) is 10.3 Å². The van der Waals surface area contributed by atoms with Crippen molar-refractivity contribution in [1.82, 2.24) is 20.5 Å². The fourth-order valence-corrected chi connectivity index (χ4v) is 2.85. The van der Waals surface area contributed by atoms with Crippen LogP contribution in [-0.4, -0.2) is 40.9 Å². The molecule has 0 amide bonds. The van der Waals surface area contributed by atoms with Crippen LogP contribution < -0.4 is 10.2 Å². The third kappa shape index (κ3) is 2.69. The van der Waals surface area contributed by atoms with Crippen molar-refractivity contribution in [2.45, 2.75) is 13.0 Å². The highest BCUT2D eigenvalue weighted by molar-refractivity contribution is 9.10. The zero-order chi connectivity index (χ0) is 14.1. The van der Waals surface area contributed by atoms with Gasteiger partial charge in [0.2, 0.25) is 5.95 Å². The van der Waals surface area contributed by atoms with Gasteiger partial charge < -0.3 is 10.2 Å². The van der Waals surface area contributed by atoms with Gasteiger partial charge in [0.1, 0.15) is 5.82 Å². The highest BCUT2D eigenvalue weighted by atomic mass is 79.9. The molecule has 0 radical (unpaired) electrons. The molecule has 0 bridgehead atoms. The van der Waals surface area contributed by atoms with Crippen LogP contribution in [0.25, 0.3) is 11.4 Å². The molecule has 0 aliphatic carbocycles. The SMILES string of the molecule is C[C@H]1CN(c2n[nH]c(-c3ccc(F)cc3Br)n2)CCN1. The Morgan fingerprint density at radius 3 is 3.05 bits per heavy atom. The molecule has 3 rings (SSSR count). The van der Waals surface area contributed by atoms with Crippen molar-refractivity contribution in [3.05, 3.63) is 28.5 Å². The van der Waals surface area contributed by atoms with Crippen LogP contribution in [-0.2, 0) is 0 Å². The molecule has 5 nitrogen and oxygen atoms in total. The van der Waals surface area contributed by atoms with E-state index in [0.29, 0.717) is 22.3 Å². The van der Waals surface area contributed by atoms with E-state index in [9.17, 15) is 4.39 Å². The molecule has 1 aliphatic rings. The molecule has 1 atom stereocenters. The number of aromatic amines is 1. The van der Waals surface area contributed by atoms with Gasteiger partial charge in [0, 0.05) is 35.7 Å². The first-order valence-electron chi connectivity index (χ1n) is 6.49. The van der Waals surface area contributed by atoms with Crippen molar-refractivity contribution in [1.29, 1.82) is 0 Å². The molecule has 2 N–H and O–H groups in total. The van der Waals surface area contributed by atoms with Crippen LogP contribution in [0.2, 0.25) is 0 Å². The number of halogens is 2. The average Bonchev–Trinajstić information content (AvgIpc) is 2.88. The first-order chi connectivity index (χ1) is 9.63. The zero-order valence-electron chi connectivity index (χ0n) is 11.0.